The molecule has 5 nitrogen and oxygen atoms in total. The predicted molar refractivity (Wildman–Crippen MR) is 106 cm³/mol. The van der Waals surface area contributed by atoms with Gasteiger partial charge in [0.1, 0.15) is 12.1 Å². The summed E-state index contributed by atoms with van der Waals surface area (Å²) in [6.07, 6.45) is 2.77. The number of nitrogens with zero attached hydrogens (tertiary/aromatic N) is 5. The van der Waals surface area contributed by atoms with Crippen LogP contribution in [0.5, 0.6) is 0 Å². The van der Waals surface area contributed by atoms with E-state index in [0.29, 0.717) is 12.6 Å². The second-order valence-corrected chi connectivity index (χ2v) is 7.28. The first-order valence-corrected chi connectivity index (χ1v) is 9.33. The minimum atomic E-state index is -0.206. The summed E-state index contributed by atoms with van der Waals surface area (Å²) in [6.45, 7) is 2.46. The highest BCUT2D eigenvalue weighted by Gasteiger charge is 2.27. The highest BCUT2D eigenvalue weighted by Crippen LogP contribution is 2.24. The Morgan fingerprint density at radius 1 is 1.15 bits per heavy atom. The Morgan fingerprint density at radius 3 is 2.63 bits per heavy atom. The van der Waals surface area contributed by atoms with E-state index in [2.05, 4.69) is 19.9 Å². The summed E-state index contributed by atoms with van der Waals surface area (Å²) >= 11 is 5.93. The molecular weight excluding hydrogens is 365 g/mol. The van der Waals surface area contributed by atoms with Gasteiger partial charge in [-0.05, 0) is 48.4 Å². The smallest absolute Gasteiger partial charge is 0.244 e. The second-order valence-electron chi connectivity index (χ2n) is 6.84. The van der Waals surface area contributed by atoms with Gasteiger partial charge in [0, 0.05) is 30.8 Å². The van der Waals surface area contributed by atoms with E-state index in [-0.39, 0.29) is 5.82 Å². The number of aromatic nitrogens is 3. The summed E-state index contributed by atoms with van der Waals surface area (Å²) in [5, 5.41) is 5.34. The first kappa shape index (κ1) is 17.8. The van der Waals surface area contributed by atoms with Gasteiger partial charge >= 0.3 is 0 Å². The maximum Gasteiger partial charge on any atom is 0.244 e. The zero-order valence-corrected chi connectivity index (χ0v) is 15.8. The molecule has 140 valence electrons. The molecule has 1 aliphatic rings. The van der Waals surface area contributed by atoms with Crippen LogP contribution in [0, 0.1) is 5.82 Å². The van der Waals surface area contributed by atoms with Crippen molar-refractivity contribution in [1.29, 1.82) is 0 Å². The third kappa shape index (κ3) is 4.06. The van der Waals surface area contributed by atoms with Crippen molar-refractivity contribution < 1.29 is 4.39 Å². The average Bonchev–Trinajstić information content (AvgIpc) is 3.34. The normalized spacial score (nSPS) is 16.7. The lowest BCUT2D eigenvalue weighted by Gasteiger charge is -2.24. The van der Waals surface area contributed by atoms with E-state index in [1.807, 2.05) is 48.1 Å². The van der Waals surface area contributed by atoms with Crippen molar-refractivity contribution in [2.24, 2.45) is 0 Å². The fourth-order valence-corrected chi connectivity index (χ4v) is 3.53. The average molecular weight is 386 g/mol. The number of rotatable bonds is 5. The van der Waals surface area contributed by atoms with Crippen molar-refractivity contribution in [1.82, 2.24) is 14.8 Å². The molecule has 4 rings (SSSR count). The van der Waals surface area contributed by atoms with Crippen LogP contribution in [-0.2, 0) is 6.54 Å². The summed E-state index contributed by atoms with van der Waals surface area (Å²) in [5.74, 6) is 0.511. The van der Waals surface area contributed by atoms with Crippen LogP contribution in [0.1, 0.15) is 12.0 Å². The number of hydrogen-bond acceptors (Lipinski definition) is 4. The molecule has 0 N–H and O–H groups in total. The Hall–Kier alpha value is -2.60. The van der Waals surface area contributed by atoms with Gasteiger partial charge in [-0.15, -0.1) is 5.10 Å². The van der Waals surface area contributed by atoms with Crippen LogP contribution in [-0.4, -0.2) is 40.9 Å². The maximum atomic E-state index is 13.1. The Labute approximate surface area is 163 Å². The van der Waals surface area contributed by atoms with Gasteiger partial charge in [-0.1, -0.05) is 23.7 Å². The molecule has 1 saturated heterocycles. The van der Waals surface area contributed by atoms with Crippen LogP contribution in [0.2, 0.25) is 5.02 Å². The van der Waals surface area contributed by atoms with Crippen LogP contribution in [0.3, 0.4) is 0 Å². The van der Waals surface area contributed by atoms with Crippen molar-refractivity contribution in [2.75, 3.05) is 29.9 Å². The van der Waals surface area contributed by atoms with Gasteiger partial charge in [0.05, 0.1) is 12.6 Å². The Kier molecular flexibility index (Phi) is 4.99. The Bertz CT molecular complexity index is 893. The molecule has 7 heteroatoms. The van der Waals surface area contributed by atoms with Gasteiger partial charge in [-0.25, -0.2) is 14.1 Å². The van der Waals surface area contributed by atoms with Gasteiger partial charge < -0.3 is 9.80 Å². The van der Waals surface area contributed by atoms with E-state index in [9.17, 15) is 4.39 Å². The second kappa shape index (κ2) is 7.56. The van der Waals surface area contributed by atoms with Gasteiger partial charge in [-0.3, -0.25) is 0 Å². The lowest BCUT2D eigenvalue weighted by molar-refractivity contribution is 0.627. The quantitative estimate of drug-likeness (QED) is 0.668. The molecule has 2 heterocycles. The van der Waals surface area contributed by atoms with E-state index < -0.39 is 0 Å². The monoisotopic (exact) mass is 385 g/mol. The topological polar surface area (TPSA) is 37.2 Å². The van der Waals surface area contributed by atoms with E-state index in [1.54, 1.807) is 6.33 Å². The van der Waals surface area contributed by atoms with Gasteiger partial charge in [-0.2, -0.15) is 0 Å². The Balaban J connectivity index is 1.40. The molecule has 0 spiro atoms. The molecule has 0 amide bonds. The molecule has 0 aliphatic carbocycles. The summed E-state index contributed by atoms with van der Waals surface area (Å²) in [7, 11) is 2.03. The number of anilines is 2. The number of halogens is 2. The van der Waals surface area contributed by atoms with E-state index in [4.69, 9.17) is 11.6 Å². The standard InChI is InChI=1S/C20H21ClFN5/c1-25(19-10-11-26(13-19)18-8-6-17(22)7-9-18)20-23-14-27(24-20)12-15-2-4-16(21)5-3-15/h2-9,14,19H,10-13H2,1H3. The van der Waals surface area contributed by atoms with Crippen molar-refractivity contribution in [2.45, 2.75) is 19.0 Å². The third-order valence-electron chi connectivity index (χ3n) is 5.00. The maximum absolute atomic E-state index is 13.1. The van der Waals surface area contributed by atoms with E-state index >= 15 is 0 Å². The van der Waals surface area contributed by atoms with Crippen LogP contribution in [0.4, 0.5) is 16.0 Å². The molecule has 1 atom stereocenters. The third-order valence-corrected chi connectivity index (χ3v) is 5.25. The fraction of sp³-hybridized carbons (Fsp3) is 0.300. The number of benzene rings is 2. The first-order valence-electron chi connectivity index (χ1n) is 8.96. The number of hydrogen-bond donors (Lipinski definition) is 0. The van der Waals surface area contributed by atoms with Crippen LogP contribution in [0.15, 0.2) is 54.9 Å². The Morgan fingerprint density at radius 2 is 1.89 bits per heavy atom. The van der Waals surface area contributed by atoms with Crippen LogP contribution < -0.4 is 9.80 Å². The molecule has 0 saturated carbocycles. The molecular formula is C20H21ClFN5. The SMILES string of the molecule is CN(c1ncn(Cc2ccc(Cl)cc2)n1)C1CCN(c2ccc(F)cc2)C1. The van der Waals surface area contributed by atoms with Gasteiger partial charge in [0.15, 0.2) is 0 Å². The predicted octanol–water partition coefficient (Wildman–Crippen LogP) is 3.83. The molecule has 1 aliphatic heterocycles. The van der Waals surface area contributed by atoms with E-state index in [0.717, 1.165) is 41.7 Å². The highest BCUT2D eigenvalue weighted by atomic mass is 35.5. The first-order chi connectivity index (χ1) is 13.1. The lowest BCUT2D eigenvalue weighted by Crippen LogP contribution is -2.35. The molecule has 0 radical (unpaired) electrons. The largest absolute Gasteiger partial charge is 0.369 e. The van der Waals surface area contributed by atoms with Crippen molar-refractivity contribution in [3.63, 3.8) is 0 Å². The lowest BCUT2D eigenvalue weighted by atomic mass is 10.2. The molecule has 2 aromatic carbocycles. The summed E-state index contributed by atoms with van der Waals surface area (Å²) in [5.41, 5.74) is 2.18. The van der Waals surface area contributed by atoms with Crippen LogP contribution in [0.25, 0.3) is 0 Å². The summed E-state index contributed by atoms with van der Waals surface area (Å²) < 4.78 is 15.0. The zero-order valence-electron chi connectivity index (χ0n) is 15.1. The molecule has 3 aromatic rings. The molecule has 0 bridgehead atoms. The van der Waals surface area contributed by atoms with Crippen molar-refractivity contribution >= 4 is 23.2 Å². The van der Waals surface area contributed by atoms with Gasteiger partial charge in [0.25, 0.3) is 0 Å². The molecule has 1 aromatic heterocycles. The highest BCUT2D eigenvalue weighted by molar-refractivity contribution is 6.30. The van der Waals surface area contributed by atoms with Crippen molar-refractivity contribution in [3.05, 3.63) is 71.3 Å². The van der Waals surface area contributed by atoms with Crippen LogP contribution >= 0.6 is 11.6 Å². The van der Waals surface area contributed by atoms with Gasteiger partial charge in [0.2, 0.25) is 5.95 Å². The molecule has 1 fully saturated rings. The fourth-order valence-electron chi connectivity index (χ4n) is 3.41. The minimum absolute atomic E-state index is 0.206. The minimum Gasteiger partial charge on any atom is -0.369 e. The van der Waals surface area contributed by atoms with Crippen molar-refractivity contribution in [3.8, 4) is 0 Å². The zero-order chi connectivity index (χ0) is 18.8. The van der Waals surface area contributed by atoms with E-state index in [1.165, 1.54) is 12.1 Å². The molecule has 27 heavy (non-hydrogen) atoms. The summed E-state index contributed by atoms with van der Waals surface area (Å²) in [4.78, 5) is 8.86. The molecule has 1 unspecified atom stereocenters. The number of likely N-dealkylation sites (N-methyl/N-ethyl adjacent to an activating group) is 1. The summed E-state index contributed by atoms with van der Waals surface area (Å²) in [6, 6.07) is 14.7.